The molecule has 1 aromatic carbocycles. The van der Waals surface area contributed by atoms with Gasteiger partial charge in [-0.05, 0) is 12.0 Å². The van der Waals surface area contributed by atoms with Gasteiger partial charge in [-0.15, -0.1) is 0 Å². The number of ether oxygens (including phenoxy) is 1. The van der Waals surface area contributed by atoms with Crippen molar-refractivity contribution < 1.29 is 14.6 Å². The van der Waals surface area contributed by atoms with E-state index in [4.69, 9.17) is 4.74 Å². The second kappa shape index (κ2) is 4.66. The van der Waals surface area contributed by atoms with Crippen molar-refractivity contribution in [3.63, 3.8) is 0 Å². The average molecular weight is 220 g/mol. The zero-order valence-corrected chi connectivity index (χ0v) is 9.30. The number of cyclic esters (lactones) is 1. The van der Waals surface area contributed by atoms with Crippen LogP contribution >= 0.6 is 0 Å². The molecule has 0 radical (unpaired) electrons. The third-order valence-corrected chi connectivity index (χ3v) is 3.06. The van der Waals surface area contributed by atoms with Gasteiger partial charge in [0.2, 0.25) is 0 Å². The van der Waals surface area contributed by atoms with E-state index in [-0.39, 0.29) is 24.4 Å². The van der Waals surface area contributed by atoms with Crippen LogP contribution in [0.15, 0.2) is 30.3 Å². The van der Waals surface area contributed by atoms with Crippen LogP contribution in [0.25, 0.3) is 0 Å². The number of hydrogen-bond donors (Lipinski definition) is 1. The Morgan fingerprint density at radius 3 is 2.69 bits per heavy atom. The van der Waals surface area contributed by atoms with Crippen molar-refractivity contribution in [2.24, 2.45) is 0 Å². The first kappa shape index (κ1) is 11.1. The van der Waals surface area contributed by atoms with E-state index in [1.807, 2.05) is 37.3 Å². The number of rotatable bonds is 2. The summed E-state index contributed by atoms with van der Waals surface area (Å²) in [5.41, 5.74) is 1.04. The number of benzene rings is 1. The molecule has 1 aromatic rings. The number of carbonyl (C=O) groups excluding carboxylic acids is 1. The molecule has 1 N–H and O–H groups in total. The third kappa shape index (κ3) is 2.09. The average Bonchev–Trinajstić information content (AvgIpc) is 2.29. The van der Waals surface area contributed by atoms with E-state index in [2.05, 4.69) is 0 Å². The molecule has 0 amide bonds. The van der Waals surface area contributed by atoms with E-state index >= 15 is 0 Å². The maximum absolute atomic E-state index is 11.2. The Morgan fingerprint density at radius 2 is 2.06 bits per heavy atom. The Labute approximate surface area is 95.0 Å². The lowest BCUT2D eigenvalue weighted by molar-refractivity contribution is -0.163. The third-order valence-electron chi connectivity index (χ3n) is 3.06. The van der Waals surface area contributed by atoms with Crippen LogP contribution in [0.2, 0.25) is 0 Å². The summed E-state index contributed by atoms with van der Waals surface area (Å²) < 4.78 is 5.27. The molecular weight excluding hydrogens is 204 g/mol. The molecule has 0 spiro atoms. The van der Waals surface area contributed by atoms with Crippen LogP contribution in [0, 0.1) is 0 Å². The summed E-state index contributed by atoms with van der Waals surface area (Å²) in [5.74, 6) is -0.393. The molecule has 0 bridgehead atoms. The van der Waals surface area contributed by atoms with Gasteiger partial charge in [-0.2, -0.15) is 0 Å². The molecule has 0 aromatic heterocycles. The second-order valence-corrected chi connectivity index (χ2v) is 4.14. The Balaban J connectivity index is 2.27. The van der Waals surface area contributed by atoms with Gasteiger partial charge in [0.05, 0.1) is 12.5 Å². The van der Waals surface area contributed by atoms with Crippen LogP contribution < -0.4 is 0 Å². The Kier molecular flexibility index (Phi) is 3.25. The van der Waals surface area contributed by atoms with Crippen molar-refractivity contribution >= 4 is 5.97 Å². The summed E-state index contributed by atoms with van der Waals surface area (Å²) in [6, 6.07) is 9.74. The van der Waals surface area contributed by atoms with Gasteiger partial charge in [-0.25, -0.2) is 0 Å². The SMILES string of the molecule is CCC1OC(=O)CC(O)C1c1ccccc1. The van der Waals surface area contributed by atoms with E-state index in [0.29, 0.717) is 0 Å². The first-order chi connectivity index (χ1) is 7.72. The predicted molar refractivity (Wildman–Crippen MR) is 60.0 cm³/mol. The highest BCUT2D eigenvalue weighted by atomic mass is 16.5. The van der Waals surface area contributed by atoms with Gasteiger partial charge < -0.3 is 9.84 Å². The van der Waals surface area contributed by atoms with E-state index in [9.17, 15) is 9.90 Å². The molecule has 2 rings (SSSR count). The van der Waals surface area contributed by atoms with E-state index in [1.165, 1.54) is 0 Å². The normalized spacial score (nSPS) is 29.9. The van der Waals surface area contributed by atoms with E-state index < -0.39 is 6.10 Å². The number of esters is 1. The molecular formula is C13H16O3. The van der Waals surface area contributed by atoms with E-state index in [1.54, 1.807) is 0 Å². The van der Waals surface area contributed by atoms with Crippen LogP contribution in [-0.4, -0.2) is 23.3 Å². The minimum atomic E-state index is -0.631. The lowest BCUT2D eigenvalue weighted by atomic mass is 9.84. The number of carbonyl (C=O) groups is 1. The predicted octanol–water partition coefficient (Wildman–Crippen LogP) is 1.86. The number of aliphatic hydroxyl groups excluding tert-OH is 1. The minimum Gasteiger partial charge on any atom is -0.462 e. The van der Waals surface area contributed by atoms with Crippen LogP contribution in [0.1, 0.15) is 31.2 Å². The zero-order valence-electron chi connectivity index (χ0n) is 9.30. The summed E-state index contributed by atoms with van der Waals surface area (Å²) >= 11 is 0. The Morgan fingerprint density at radius 1 is 1.38 bits per heavy atom. The molecule has 0 aliphatic carbocycles. The zero-order chi connectivity index (χ0) is 11.5. The number of aliphatic hydroxyl groups is 1. The summed E-state index contributed by atoms with van der Waals surface area (Å²) in [5, 5.41) is 9.99. The first-order valence-electron chi connectivity index (χ1n) is 5.65. The molecule has 16 heavy (non-hydrogen) atoms. The molecule has 3 atom stereocenters. The maximum Gasteiger partial charge on any atom is 0.308 e. The molecule has 86 valence electrons. The summed E-state index contributed by atoms with van der Waals surface area (Å²) in [6.07, 6.45) is -0.0226. The molecule has 1 aliphatic rings. The molecule has 1 fully saturated rings. The monoisotopic (exact) mass is 220 g/mol. The van der Waals surface area contributed by atoms with Crippen molar-refractivity contribution in [1.82, 2.24) is 0 Å². The Bertz CT molecular complexity index is 361. The molecule has 3 unspecified atom stereocenters. The summed E-state index contributed by atoms with van der Waals surface area (Å²) in [4.78, 5) is 11.2. The van der Waals surface area contributed by atoms with Crippen molar-refractivity contribution in [2.45, 2.75) is 37.9 Å². The molecule has 1 saturated heterocycles. The fourth-order valence-electron chi connectivity index (χ4n) is 2.29. The van der Waals surface area contributed by atoms with Gasteiger partial charge in [0, 0.05) is 5.92 Å². The van der Waals surface area contributed by atoms with Crippen LogP contribution in [0.4, 0.5) is 0 Å². The molecule has 1 aliphatic heterocycles. The van der Waals surface area contributed by atoms with Gasteiger partial charge in [-0.1, -0.05) is 37.3 Å². The van der Waals surface area contributed by atoms with Gasteiger partial charge in [0.25, 0.3) is 0 Å². The topological polar surface area (TPSA) is 46.5 Å². The lowest BCUT2D eigenvalue weighted by Gasteiger charge is -2.34. The number of hydrogen-bond acceptors (Lipinski definition) is 3. The minimum absolute atomic E-state index is 0.0933. The van der Waals surface area contributed by atoms with Gasteiger partial charge in [-0.3, -0.25) is 4.79 Å². The second-order valence-electron chi connectivity index (χ2n) is 4.14. The molecule has 3 nitrogen and oxygen atoms in total. The largest absolute Gasteiger partial charge is 0.462 e. The smallest absolute Gasteiger partial charge is 0.308 e. The van der Waals surface area contributed by atoms with Gasteiger partial charge in [0.1, 0.15) is 6.10 Å². The quantitative estimate of drug-likeness (QED) is 0.774. The van der Waals surface area contributed by atoms with E-state index in [0.717, 1.165) is 12.0 Å². The highest BCUT2D eigenvalue weighted by Crippen LogP contribution is 2.33. The highest BCUT2D eigenvalue weighted by Gasteiger charge is 2.37. The fourth-order valence-corrected chi connectivity index (χ4v) is 2.29. The van der Waals surface area contributed by atoms with Gasteiger partial charge >= 0.3 is 5.97 Å². The van der Waals surface area contributed by atoms with Crippen LogP contribution in [-0.2, 0) is 9.53 Å². The van der Waals surface area contributed by atoms with Crippen molar-refractivity contribution in [1.29, 1.82) is 0 Å². The van der Waals surface area contributed by atoms with Crippen molar-refractivity contribution in [3.05, 3.63) is 35.9 Å². The van der Waals surface area contributed by atoms with Crippen LogP contribution in [0.3, 0.4) is 0 Å². The summed E-state index contributed by atoms with van der Waals surface area (Å²) in [7, 11) is 0. The maximum atomic E-state index is 11.2. The lowest BCUT2D eigenvalue weighted by Crippen LogP contribution is -2.40. The molecule has 1 heterocycles. The standard InChI is InChI=1S/C13H16O3/c1-2-11-13(9-6-4-3-5-7-9)10(14)8-12(15)16-11/h3-7,10-11,13-14H,2,8H2,1H3. The summed E-state index contributed by atoms with van der Waals surface area (Å²) in [6.45, 7) is 1.96. The first-order valence-corrected chi connectivity index (χ1v) is 5.65. The Hall–Kier alpha value is -1.35. The van der Waals surface area contributed by atoms with Crippen molar-refractivity contribution in [2.75, 3.05) is 0 Å². The highest BCUT2D eigenvalue weighted by molar-refractivity contribution is 5.71. The molecule has 3 heteroatoms. The molecule has 0 saturated carbocycles. The van der Waals surface area contributed by atoms with Crippen LogP contribution in [0.5, 0.6) is 0 Å². The van der Waals surface area contributed by atoms with Gasteiger partial charge in [0.15, 0.2) is 0 Å². The fraction of sp³-hybridized carbons (Fsp3) is 0.462. The van der Waals surface area contributed by atoms with Crippen molar-refractivity contribution in [3.8, 4) is 0 Å².